The summed E-state index contributed by atoms with van der Waals surface area (Å²) in [5.41, 5.74) is 0. The molecule has 1 saturated carbocycles. The van der Waals surface area contributed by atoms with Crippen molar-refractivity contribution in [1.29, 1.82) is 0 Å². The van der Waals surface area contributed by atoms with Gasteiger partial charge in [0, 0.05) is 58.3 Å². The number of hydrogen-bond donors (Lipinski definition) is 2. The van der Waals surface area contributed by atoms with Crippen molar-refractivity contribution in [1.82, 2.24) is 20.4 Å². The Morgan fingerprint density at radius 2 is 1.90 bits per heavy atom. The van der Waals surface area contributed by atoms with E-state index in [4.69, 9.17) is 4.74 Å². The molecule has 0 unspecified atom stereocenters. The lowest BCUT2D eigenvalue weighted by molar-refractivity contribution is -0.139. The number of rotatable bonds is 8. The largest absolute Gasteiger partial charge is 0.489 e. The highest BCUT2D eigenvalue weighted by Gasteiger charge is 2.30. The third-order valence-electron chi connectivity index (χ3n) is 5.63. The molecule has 0 atom stereocenters. The van der Waals surface area contributed by atoms with Crippen LogP contribution in [0.4, 0.5) is 8.78 Å². The SMILES string of the molecule is CN=C(NCCOc1ccc(F)cc1F)NCCN1CCN(C(=O)C2CCC2)CC1. The monoisotopic (exact) mass is 423 g/mol. The molecule has 1 aliphatic carbocycles. The maximum Gasteiger partial charge on any atom is 0.225 e. The topological polar surface area (TPSA) is 69.2 Å². The second-order valence-corrected chi connectivity index (χ2v) is 7.64. The first-order valence-electron chi connectivity index (χ1n) is 10.6. The molecule has 2 N–H and O–H groups in total. The average molecular weight is 424 g/mol. The lowest BCUT2D eigenvalue weighted by Crippen LogP contribution is -2.52. The number of carbonyl (C=O) groups excluding carboxylic acids is 1. The molecular formula is C21H31F2N5O2. The maximum absolute atomic E-state index is 13.5. The molecule has 2 fully saturated rings. The van der Waals surface area contributed by atoms with Crippen LogP contribution in [0.25, 0.3) is 0 Å². The number of carbonyl (C=O) groups is 1. The standard InChI is InChI=1S/C21H31F2N5O2/c1-24-21(26-8-14-30-19-6-5-17(22)15-18(19)23)25-7-9-27-10-12-28(13-11-27)20(29)16-3-2-4-16/h5-6,15-16H,2-4,7-14H2,1H3,(H2,24,25,26). The summed E-state index contributed by atoms with van der Waals surface area (Å²) < 4.78 is 31.7. The molecule has 0 radical (unpaired) electrons. The van der Waals surface area contributed by atoms with E-state index in [1.54, 1.807) is 7.05 Å². The molecule has 3 rings (SSSR count). The van der Waals surface area contributed by atoms with Gasteiger partial charge in [-0.25, -0.2) is 8.78 Å². The van der Waals surface area contributed by atoms with Gasteiger partial charge in [0.05, 0.1) is 6.54 Å². The van der Waals surface area contributed by atoms with Crippen LogP contribution in [0.3, 0.4) is 0 Å². The Morgan fingerprint density at radius 1 is 1.17 bits per heavy atom. The quantitative estimate of drug-likeness (QED) is 0.376. The van der Waals surface area contributed by atoms with Gasteiger partial charge < -0.3 is 20.3 Å². The van der Waals surface area contributed by atoms with Crippen LogP contribution in [0.1, 0.15) is 19.3 Å². The second-order valence-electron chi connectivity index (χ2n) is 7.64. The van der Waals surface area contributed by atoms with Crippen LogP contribution in [-0.2, 0) is 4.79 Å². The van der Waals surface area contributed by atoms with Crippen molar-refractivity contribution in [3.63, 3.8) is 0 Å². The minimum absolute atomic E-state index is 0.0241. The first kappa shape index (κ1) is 22.3. The van der Waals surface area contributed by atoms with Crippen LogP contribution >= 0.6 is 0 Å². The Morgan fingerprint density at radius 3 is 2.53 bits per heavy atom. The Hall–Kier alpha value is -2.42. The van der Waals surface area contributed by atoms with Crippen LogP contribution in [0.15, 0.2) is 23.2 Å². The van der Waals surface area contributed by atoms with E-state index < -0.39 is 11.6 Å². The summed E-state index contributed by atoms with van der Waals surface area (Å²) in [7, 11) is 1.68. The third kappa shape index (κ3) is 6.29. The molecule has 7 nitrogen and oxygen atoms in total. The van der Waals surface area contributed by atoms with Gasteiger partial charge in [-0.3, -0.25) is 14.7 Å². The highest BCUT2D eigenvalue weighted by Crippen LogP contribution is 2.28. The number of halogens is 2. The van der Waals surface area contributed by atoms with E-state index in [1.165, 1.54) is 12.5 Å². The second kappa shape index (κ2) is 11.1. The molecule has 1 amide bonds. The number of hydrogen-bond acceptors (Lipinski definition) is 4. The summed E-state index contributed by atoms with van der Waals surface area (Å²) in [5.74, 6) is -0.0727. The van der Waals surface area contributed by atoms with Crippen LogP contribution in [0, 0.1) is 17.6 Å². The van der Waals surface area contributed by atoms with Crippen molar-refractivity contribution in [3.8, 4) is 5.75 Å². The Balaban J connectivity index is 1.27. The summed E-state index contributed by atoms with van der Waals surface area (Å²) in [4.78, 5) is 20.8. The molecule has 0 bridgehead atoms. The number of nitrogens with one attached hydrogen (secondary N) is 2. The van der Waals surface area contributed by atoms with E-state index >= 15 is 0 Å². The van der Waals surface area contributed by atoms with Gasteiger partial charge in [0.15, 0.2) is 17.5 Å². The molecular weight excluding hydrogens is 392 g/mol. The molecule has 30 heavy (non-hydrogen) atoms. The predicted molar refractivity (Wildman–Crippen MR) is 112 cm³/mol. The number of benzene rings is 1. The summed E-state index contributed by atoms with van der Waals surface area (Å²) in [6, 6.07) is 3.24. The van der Waals surface area contributed by atoms with Crippen molar-refractivity contribution >= 4 is 11.9 Å². The van der Waals surface area contributed by atoms with Crippen molar-refractivity contribution in [2.75, 3.05) is 59.5 Å². The lowest BCUT2D eigenvalue weighted by atomic mass is 9.84. The lowest BCUT2D eigenvalue weighted by Gasteiger charge is -2.38. The molecule has 2 aliphatic rings. The van der Waals surface area contributed by atoms with Crippen LogP contribution in [0.2, 0.25) is 0 Å². The number of aliphatic imine (C=N–C) groups is 1. The molecule has 0 spiro atoms. The van der Waals surface area contributed by atoms with Gasteiger partial charge in [0.25, 0.3) is 0 Å². The molecule has 166 valence electrons. The van der Waals surface area contributed by atoms with Gasteiger partial charge >= 0.3 is 0 Å². The summed E-state index contributed by atoms with van der Waals surface area (Å²) in [6.07, 6.45) is 3.30. The van der Waals surface area contributed by atoms with Crippen molar-refractivity contribution in [2.45, 2.75) is 19.3 Å². The zero-order chi connectivity index (χ0) is 21.3. The smallest absolute Gasteiger partial charge is 0.225 e. The van der Waals surface area contributed by atoms with Crippen molar-refractivity contribution in [3.05, 3.63) is 29.8 Å². The average Bonchev–Trinajstić information content (AvgIpc) is 2.70. The summed E-state index contributed by atoms with van der Waals surface area (Å²) in [5, 5.41) is 6.34. The van der Waals surface area contributed by atoms with Crippen molar-refractivity contribution < 1.29 is 18.3 Å². The minimum atomic E-state index is -0.716. The van der Waals surface area contributed by atoms with Crippen LogP contribution in [0.5, 0.6) is 5.75 Å². The zero-order valence-corrected chi connectivity index (χ0v) is 17.5. The first-order chi connectivity index (χ1) is 14.6. The van der Waals surface area contributed by atoms with Gasteiger partial charge in [-0.1, -0.05) is 6.42 Å². The molecule has 1 heterocycles. The predicted octanol–water partition coefficient (Wildman–Crippen LogP) is 1.45. The molecule has 1 aromatic rings. The van der Waals surface area contributed by atoms with Gasteiger partial charge in [0.2, 0.25) is 5.91 Å². The zero-order valence-electron chi connectivity index (χ0n) is 17.5. The number of nitrogens with zero attached hydrogens (tertiary/aromatic N) is 3. The fraction of sp³-hybridized carbons (Fsp3) is 0.619. The number of ether oxygens (including phenoxy) is 1. The fourth-order valence-electron chi connectivity index (χ4n) is 3.58. The molecule has 0 aromatic heterocycles. The highest BCUT2D eigenvalue weighted by atomic mass is 19.1. The first-order valence-corrected chi connectivity index (χ1v) is 10.6. The van der Waals surface area contributed by atoms with E-state index in [0.717, 1.165) is 64.2 Å². The number of piperazine rings is 1. The minimum Gasteiger partial charge on any atom is -0.489 e. The molecule has 9 heteroatoms. The van der Waals surface area contributed by atoms with Crippen molar-refractivity contribution in [2.24, 2.45) is 10.9 Å². The maximum atomic E-state index is 13.5. The Labute approximate surface area is 176 Å². The third-order valence-corrected chi connectivity index (χ3v) is 5.63. The normalized spacial score (nSPS) is 18.1. The Bertz CT molecular complexity index is 734. The molecule has 1 aliphatic heterocycles. The van der Waals surface area contributed by atoms with E-state index in [1.807, 2.05) is 4.90 Å². The molecule has 1 saturated heterocycles. The number of amides is 1. The summed E-state index contributed by atoms with van der Waals surface area (Å²) >= 11 is 0. The highest BCUT2D eigenvalue weighted by molar-refractivity contribution is 5.80. The van der Waals surface area contributed by atoms with E-state index in [-0.39, 0.29) is 18.3 Å². The Kier molecular flexibility index (Phi) is 8.24. The van der Waals surface area contributed by atoms with Crippen LogP contribution in [-0.4, -0.2) is 81.1 Å². The molecule has 1 aromatic carbocycles. The van der Waals surface area contributed by atoms with Gasteiger partial charge in [-0.15, -0.1) is 0 Å². The van der Waals surface area contributed by atoms with E-state index in [0.29, 0.717) is 18.4 Å². The van der Waals surface area contributed by atoms with Gasteiger partial charge in [-0.05, 0) is 25.0 Å². The summed E-state index contributed by atoms with van der Waals surface area (Å²) in [6.45, 7) is 5.64. The van der Waals surface area contributed by atoms with Gasteiger partial charge in [-0.2, -0.15) is 0 Å². The van der Waals surface area contributed by atoms with Crippen LogP contribution < -0.4 is 15.4 Å². The number of guanidine groups is 1. The van der Waals surface area contributed by atoms with E-state index in [2.05, 4.69) is 20.5 Å². The van der Waals surface area contributed by atoms with Gasteiger partial charge in [0.1, 0.15) is 12.4 Å². The van der Waals surface area contributed by atoms with E-state index in [9.17, 15) is 13.6 Å². The fourth-order valence-corrected chi connectivity index (χ4v) is 3.58.